The van der Waals surface area contributed by atoms with Gasteiger partial charge in [-0.05, 0) is 0 Å². The van der Waals surface area contributed by atoms with Crippen molar-refractivity contribution in [3.05, 3.63) is 0 Å². The second-order valence-electron chi connectivity index (χ2n) is 0.415. The molecule has 4 nitrogen and oxygen atoms in total. The van der Waals surface area contributed by atoms with E-state index in [0.717, 1.165) is 0 Å². The summed E-state index contributed by atoms with van der Waals surface area (Å²) in [6, 6.07) is 0. The first-order valence-corrected chi connectivity index (χ1v) is 2.67. The van der Waals surface area contributed by atoms with Crippen molar-refractivity contribution >= 4 is 29.6 Å². The van der Waals surface area contributed by atoms with Crippen LogP contribution in [0.15, 0.2) is 0 Å². The van der Waals surface area contributed by atoms with Gasteiger partial charge in [-0.25, -0.2) is 0 Å². The molecule has 7 heteroatoms. The normalized spacial score (nSPS) is 8.29. The molecule has 0 spiro atoms. The van der Waals surface area contributed by atoms with Gasteiger partial charge in [0.25, 0.3) is 0 Å². The molecule has 0 amide bonds. The van der Waals surface area contributed by atoms with E-state index in [1.807, 2.05) is 0 Å². The molecule has 0 radical (unpaired) electrons. The molecule has 0 unspecified atom stereocenters. The summed E-state index contributed by atoms with van der Waals surface area (Å²) in [7, 11) is 0. The molecule has 0 rings (SSSR count). The Balaban J connectivity index is -0.0000000800. The number of hydrogen-bond acceptors (Lipinski definition) is 2. The SMILES string of the molecule is [Fe].[NaH].[O]=[Mn](=[O])([OH])[OH]. The van der Waals surface area contributed by atoms with E-state index in [1.54, 1.807) is 0 Å². The molecule has 2 N–H and O–H groups in total. The van der Waals surface area contributed by atoms with Crippen molar-refractivity contribution in [2.45, 2.75) is 0 Å². The van der Waals surface area contributed by atoms with Crippen molar-refractivity contribution in [3.8, 4) is 0 Å². The molecule has 0 heterocycles. The average molecular weight is 201 g/mol. The van der Waals surface area contributed by atoms with Crippen molar-refractivity contribution in [2.24, 2.45) is 0 Å². The van der Waals surface area contributed by atoms with Gasteiger partial charge in [-0.2, -0.15) is 0 Å². The Labute approximate surface area is 75.3 Å². The summed E-state index contributed by atoms with van der Waals surface area (Å²) in [4.78, 5) is 0. The van der Waals surface area contributed by atoms with Crippen molar-refractivity contribution in [1.29, 1.82) is 0 Å². The van der Waals surface area contributed by atoms with Gasteiger partial charge in [0, 0.05) is 17.1 Å². The average Bonchev–Trinajstić information content (AvgIpc) is 0.722. The van der Waals surface area contributed by atoms with Crippen LogP contribution in [0.25, 0.3) is 0 Å². The number of rotatable bonds is 0. The third-order valence-corrected chi connectivity index (χ3v) is 0. The van der Waals surface area contributed by atoms with Gasteiger partial charge < -0.3 is 0 Å². The molecule has 0 aromatic heterocycles. The van der Waals surface area contributed by atoms with E-state index in [4.69, 9.17) is 16.0 Å². The Morgan fingerprint density at radius 3 is 1.14 bits per heavy atom. The first-order chi connectivity index (χ1) is 2.00. The van der Waals surface area contributed by atoms with E-state index >= 15 is 0 Å². The molecule has 0 atom stereocenters. The van der Waals surface area contributed by atoms with Crippen LogP contribution in [0.5, 0.6) is 0 Å². The van der Waals surface area contributed by atoms with Crippen LogP contribution < -0.4 is 0 Å². The van der Waals surface area contributed by atoms with Crippen molar-refractivity contribution in [2.75, 3.05) is 0 Å². The van der Waals surface area contributed by atoms with E-state index in [0.29, 0.717) is 0 Å². The zero-order chi connectivity index (χ0) is 4.50. The molecule has 0 aromatic carbocycles. The van der Waals surface area contributed by atoms with E-state index in [2.05, 4.69) is 0 Å². The van der Waals surface area contributed by atoms with Gasteiger partial charge in [-0.3, -0.25) is 0 Å². The first-order valence-electron chi connectivity index (χ1n) is 0.647. The van der Waals surface area contributed by atoms with E-state index in [9.17, 15) is 0 Å². The van der Waals surface area contributed by atoms with Gasteiger partial charge in [-0.15, -0.1) is 0 Å². The Morgan fingerprint density at radius 2 is 1.14 bits per heavy atom. The summed E-state index contributed by atoms with van der Waals surface area (Å²) in [5, 5.41) is 0. The minimum absolute atomic E-state index is 0. The summed E-state index contributed by atoms with van der Waals surface area (Å²) < 4.78 is 31.8. The molecule has 0 aromatic rings. The summed E-state index contributed by atoms with van der Waals surface area (Å²) in [5.41, 5.74) is 0. The van der Waals surface area contributed by atoms with Crippen LogP contribution >= 0.6 is 0 Å². The second-order valence-corrected chi connectivity index (χ2v) is 1.71. The Hall–Kier alpha value is 1.56. The van der Waals surface area contributed by atoms with Crippen molar-refractivity contribution < 1.29 is 46.5 Å². The standard InChI is InChI=1S/Fe.Mn.Na.2H2O.2O.H/h;;;2*1H2;;;/q;+2;;;;;;/p-2. The predicted molar refractivity (Wildman–Crippen MR) is 13.0 cm³/mol. The summed E-state index contributed by atoms with van der Waals surface area (Å²) in [5.74, 6) is 0. The molecule has 7 heavy (non-hydrogen) atoms. The fourth-order valence-electron chi connectivity index (χ4n) is 0. The van der Waals surface area contributed by atoms with Gasteiger partial charge in [0.15, 0.2) is 0 Å². The molecule has 0 aliphatic rings. The quantitative estimate of drug-likeness (QED) is 0.444. The molecular formula is H3FeMnNaO4. The summed E-state index contributed by atoms with van der Waals surface area (Å²) in [6.45, 7) is 0. The molecule has 0 aliphatic carbocycles. The van der Waals surface area contributed by atoms with Gasteiger partial charge in [0.2, 0.25) is 0 Å². The Morgan fingerprint density at radius 1 is 1.14 bits per heavy atom. The van der Waals surface area contributed by atoms with Gasteiger partial charge in [-0.1, -0.05) is 0 Å². The van der Waals surface area contributed by atoms with Crippen LogP contribution in [-0.4, -0.2) is 37.9 Å². The molecule has 43 valence electrons. The molecule has 0 saturated carbocycles. The zero-order valence-corrected chi connectivity index (χ0v) is 4.73. The van der Waals surface area contributed by atoms with Gasteiger partial charge in [0.1, 0.15) is 0 Å². The summed E-state index contributed by atoms with van der Waals surface area (Å²) >= 11 is -5.12. The van der Waals surface area contributed by atoms with Gasteiger partial charge in [0.05, 0.1) is 0 Å². The molecule has 0 saturated heterocycles. The Kier molecular flexibility index (Phi) is 12.9. The number of hydrogen-bond donors (Lipinski definition) is 2. The van der Waals surface area contributed by atoms with Crippen LogP contribution in [0, 0.1) is 0 Å². The van der Waals surface area contributed by atoms with E-state index in [1.165, 1.54) is 0 Å². The molecule has 0 bridgehead atoms. The van der Waals surface area contributed by atoms with Gasteiger partial charge >= 0.3 is 59.0 Å². The topological polar surface area (TPSA) is 74.6 Å². The summed E-state index contributed by atoms with van der Waals surface area (Å²) in [6.07, 6.45) is 0. The first kappa shape index (κ1) is 15.8. The Bertz CT molecular complexity index is 94.9. The monoisotopic (exact) mass is 201 g/mol. The second kappa shape index (κ2) is 5.69. The third kappa shape index (κ3) is 96.1. The third-order valence-electron chi connectivity index (χ3n) is 0. The van der Waals surface area contributed by atoms with Crippen LogP contribution in [0.1, 0.15) is 0 Å². The fourth-order valence-corrected chi connectivity index (χ4v) is 0. The van der Waals surface area contributed by atoms with Crippen LogP contribution in [0.4, 0.5) is 0 Å². The maximum atomic E-state index is 8.80. The maximum absolute atomic E-state index is 8.80. The zero-order valence-electron chi connectivity index (χ0n) is 2.44. The van der Waals surface area contributed by atoms with E-state index in [-0.39, 0.29) is 46.6 Å². The molecular weight excluding hydrogens is 198 g/mol. The van der Waals surface area contributed by atoms with E-state index < -0.39 is 13.4 Å². The fraction of sp³-hybridized carbons (Fsp3) is 0. The van der Waals surface area contributed by atoms with Crippen molar-refractivity contribution in [1.82, 2.24) is 0 Å². The molecule has 0 fully saturated rings. The van der Waals surface area contributed by atoms with Crippen LogP contribution in [0.2, 0.25) is 0 Å². The van der Waals surface area contributed by atoms with Crippen LogP contribution in [0.3, 0.4) is 0 Å². The van der Waals surface area contributed by atoms with Crippen LogP contribution in [-0.2, 0) is 38.1 Å². The predicted octanol–water partition coefficient (Wildman–Crippen LogP) is -2.01. The molecule has 0 aliphatic heterocycles. The minimum atomic E-state index is -5.12. The van der Waals surface area contributed by atoms with Crippen molar-refractivity contribution in [3.63, 3.8) is 0 Å².